The Kier molecular flexibility index (Phi) is 6.85. The monoisotopic (exact) mass is 310 g/mol. The molecule has 6 heteroatoms. The first-order valence-corrected chi connectivity index (χ1v) is 8.20. The zero-order chi connectivity index (χ0) is 15.9. The van der Waals surface area contributed by atoms with Crippen LogP contribution in [-0.4, -0.2) is 52.2 Å². The lowest BCUT2D eigenvalue weighted by molar-refractivity contribution is 0.305. The van der Waals surface area contributed by atoms with Gasteiger partial charge in [0.15, 0.2) is 0 Å². The van der Waals surface area contributed by atoms with E-state index in [4.69, 9.17) is 5.11 Å². The van der Waals surface area contributed by atoms with Crippen molar-refractivity contribution < 1.29 is 13.5 Å². The lowest BCUT2D eigenvalue weighted by Crippen LogP contribution is -2.31. The van der Waals surface area contributed by atoms with Gasteiger partial charge in [-0.1, -0.05) is 11.8 Å². The quantitative estimate of drug-likeness (QED) is 0.754. The number of rotatable bonds is 6. The van der Waals surface area contributed by atoms with Gasteiger partial charge in [-0.05, 0) is 44.8 Å². The molecular formula is C15H22N2O3S. The molecule has 0 saturated heterocycles. The third-order valence-electron chi connectivity index (χ3n) is 2.82. The summed E-state index contributed by atoms with van der Waals surface area (Å²) in [7, 11) is 0.289. The van der Waals surface area contributed by atoms with Crippen molar-refractivity contribution in [2.75, 3.05) is 33.8 Å². The van der Waals surface area contributed by atoms with Gasteiger partial charge in [0.25, 0.3) is 0 Å². The van der Waals surface area contributed by atoms with Crippen LogP contribution in [0.15, 0.2) is 23.1 Å². The van der Waals surface area contributed by atoms with Gasteiger partial charge in [-0.25, -0.2) is 13.1 Å². The molecule has 0 bridgehead atoms. The summed E-state index contributed by atoms with van der Waals surface area (Å²) in [4.78, 5) is 2.15. The van der Waals surface area contributed by atoms with Gasteiger partial charge in [-0.3, -0.25) is 0 Å². The Morgan fingerprint density at radius 2 is 2.05 bits per heavy atom. The highest BCUT2D eigenvalue weighted by Gasteiger charge is 2.14. The van der Waals surface area contributed by atoms with E-state index in [1.807, 2.05) is 25.9 Å². The summed E-state index contributed by atoms with van der Waals surface area (Å²) >= 11 is 0. The molecule has 21 heavy (non-hydrogen) atoms. The molecule has 0 unspecified atom stereocenters. The van der Waals surface area contributed by atoms with Crippen molar-refractivity contribution in [2.24, 2.45) is 0 Å². The lowest BCUT2D eigenvalue weighted by Gasteiger charge is -2.11. The highest BCUT2D eigenvalue weighted by atomic mass is 32.2. The summed E-state index contributed by atoms with van der Waals surface area (Å²) in [5, 5.41) is 8.69. The van der Waals surface area contributed by atoms with E-state index in [2.05, 4.69) is 16.6 Å². The van der Waals surface area contributed by atoms with E-state index >= 15 is 0 Å². The second-order valence-corrected chi connectivity index (χ2v) is 6.72. The standard InChI is InChI=1S/C15H22N2O3S/c1-13-12-15(8-7-14(13)6-4-5-11-18)21(19,20)16-9-10-17(2)3/h7-8,12,16,18H,5,9-11H2,1-3H3. The maximum atomic E-state index is 12.1. The zero-order valence-electron chi connectivity index (χ0n) is 12.7. The van der Waals surface area contributed by atoms with Crippen LogP contribution in [0.4, 0.5) is 0 Å². The predicted molar refractivity (Wildman–Crippen MR) is 83.5 cm³/mol. The minimum atomic E-state index is -3.49. The molecule has 0 aliphatic carbocycles. The van der Waals surface area contributed by atoms with Gasteiger partial charge in [0.2, 0.25) is 10.0 Å². The number of aliphatic hydroxyl groups excluding tert-OH is 1. The van der Waals surface area contributed by atoms with Crippen LogP contribution in [0.25, 0.3) is 0 Å². The van der Waals surface area contributed by atoms with Gasteiger partial charge < -0.3 is 10.0 Å². The van der Waals surface area contributed by atoms with E-state index in [1.165, 1.54) is 0 Å². The van der Waals surface area contributed by atoms with Gasteiger partial charge in [0, 0.05) is 25.1 Å². The van der Waals surface area contributed by atoms with Gasteiger partial charge in [0.05, 0.1) is 11.5 Å². The molecule has 0 amide bonds. The van der Waals surface area contributed by atoms with Crippen molar-refractivity contribution in [2.45, 2.75) is 18.2 Å². The molecule has 116 valence electrons. The van der Waals surface area contributed by atoms with Crippen LogP contribution < -0.4 is 4.72 Å². The van der Waals surface area contributed by atoms with Crippen molar-refractivity contribution in [3.8, 4) is 11.8 Å². The molecule has 5 nitrogen and oxygen atoms in total. The minimum Gasteiger partial charge on any atom is -0.395 e. The Morgan fingerprint density at radius 1 is 1.33 bits per heavy atom. The minimum absolute atomic E-state index is 0.0221. The fourth-order valence-electron chi connectivity index (χ4n) is 1.64. The highest BCUT2D eigenvalue weighted by molar-refractivity contribution is 7.89. The predicted octanol–water partition coefficient (Wildman–Crippen LogP) is 0.569. The third-order valence-corrected chi connectivity index (χ3v) is 4.28. The molecular weight excluding hydrogens is 288 g/mol. The maximum absolute atomic E-state index is 12.1. The summed E-state index contributed by atoms with van der Waals surface area (Å²) in [5.74, 6) is 5.75. The maximum Gasteiger partial charge on any atom is 0.240 e. The van der Waals surface area contributed by atoms with Crippen LogP contribution in [-0.2, 0) is 10.0 Å². The summed E-state index contributed by atoms with van der Waals surface area (Å²) in [6.07, 6.45) is 0.408. The molecule has 0 atom stereocenters. The molecule has 0 aliphatic rings. The third kappa shape index (κ3) is 5.86. The smallest absolute Gasteiger partial charge is 0.240 e. The first kappa shape index (κ1) is 17.7. The summed E-state index contributed by atoms with van der Waals surface area (Å²) in [6, 6.07) is 4.86. The topological polar surface area (TPSA) is 69.6 Å². The Hall–Kier alpha value is -1.39. The van der Waals surface area contributed by atoms with Crippen molar-refractivity contribution in [3.05, 3.63) is 29.3 Å². The molecule has 1 aromatic carbocycles. The van der Waals surface area contributed by atoms with Crippen LogP contribution >= 0.6 is 0 Å². The number of sulfonamides is 1. The van der Waals surface area contributed by atoms with Crippen molar-refractivity contribution in [1.82, 2.24) is 9.62 Å². The number of aliphatic hydroxyl groups is 1. The number of nitrogens with zero attached hydrogens (tertiary/aromatic N) is 1. The van der Waals surface area contributed by atoms with E-state index in [0.29, 0.717) is 19.5 Å². The number of hydrogen-bond donors (Lipinski definition) is 2. The normalized spacial score (nSPS) is 11.3. The molecule has 0 aromatic heterocycles. The Balaban J connectivity index is 2.85. The first-order valence-electron chi connectivity index (χ1n) is 6.71. The van der Waals surface area contributed by atoms with Crippen molar-refractivity contribution in [3.63, 3.8) is 0 Å². The molecule has 2 N–H and O–H groups in total. The van der Waals surface area contributed by atoms with Gasteiger partial charge in [-0.2, -0.15) is 0 Å². The Morgan fingerprint density at radius 3 is 2.62 bits per heavy atom. The lowest BCUT2D eigenvalue weighted by atomic mass is 10.1. The van der Waals surface area contributed by atoms with Crippen LogP contribution in [0.2, 0.25) is 0 Å². The molecule has 1 aromatic rings. The van der Waals surface area contributed by atoms with E-state index in [9.17, 15) is 8.42 Å². The van der Waals surface area contributed by atoms with Gasteiger partial charge in [0.1, 0.15) is 0 Å². The van der Waals surface area contributed by atoms with Gasteiger partial charge in [-0.15, -0.1) is 0 Å². The van der Waals surface area contributed by atoms with Crippen LogP contribution in [0.5, 0.6) is 0 Å². The van der Waals surface area contributed by atoms with E-state index in [1.54, 1.807) is 18.2 Å². The largest absolute Gasteiger partial charge is 0.395 e. The Labute approximate surface area is 127 Å². The second-order valence-electron chi connectivity index (χ2n) is 4.95. The number of aryl methyl sites for hydroxylation is 1. The fraction of sp³-hybridized carbons (Fsp3) is 0.467. The van der Waals surface area contributed by atoms with Crippen molar-refractivity contribution >= 4 is 10.0 Å². The Bertz CT molecular complexity index is 628. The molecule has 0 saturated carbocycles. The summed E-state index contributed by atoms with van der Waals surface area (Å²) in [5.41, 5.74) is 1.58. The molecule has 0 heterocycles. The number of nitrogens with one attached hydrogen (secondary N) is 1. The zero-order valence-corrected chi connectivity index (χ0v) is 13.5. The highest BCUT2D eigenvalue weighted by Crippen LogP contribution is 2.14. The molecule has 0 aliphatic heterocycles. The van der Waals surface area contributed by atoms with Crippen LogP contribution in [0, 0.1) is 18.8 Å². The van der Waals surface area contributed by atoms with Gasteiger partial charge >= 0.3 is 0 Å². The van der Waals surface area contributed by atoms with Crippen LogP contribution in [0.1, 0.15) is 17.5 Å². The molecule has 0 fully saturated rings. The van der Waals surface area contributed by atoms with E-state index in [-0.39, 0.29) is 11.5 Å². The average Bonchev–Trinajstić information content (AvgIpc) is 2.40. The molecule has 0 radical (unpaired) electrons. The first-order chi connectivity index (χ1) is 9.86. The van der Waals surface area contributed by atoms with Crippen molar-refractivity contribution in [1.29, 1.82) is 0 Å². The number of hydrogen-bond acceptors (Lipinski definition) is 4. The number of benzene rings is 1. The molecule has 1 rings (SSSR count). The fourth-order valence-corrected chi connectivity index (χ4v) is 2.75. The molecule has 0 spiro atoms. The van der Waals surface area contributed by atoms with E-state index in [0.717, 1.165) is 11.1 Å². The van der Waals surface area contributed by atoms with E-state index < -0.39 is 10.0 Å². The van der Waals surface area contributed by atoms with Crippen LogP contribution in [0.3, 0.4) is 0 Å². The average molecular weight is 310 g/mol. The number of likely N-dealkylation sites (N-methyl/N-ethyl adjacent to an activating group) is 1. The summed E-state index contributed by atoms with van der Waals surface area (Å²) in [6.45, 7) is 2.85. The summed E-state index contributed by atoms with van der Waals surface area (Å²) < 4.78 is 26.8. The second kappa shape index (κ2) is 8.15. The SMILES string of the molecule is Cc1cc(S(=O)(=O)NCCN(C)C)ccc1C#CCCO.